The first-order valence-electron chi connectivity index (χ1n) is 8.62. The molecule has 0 aliphatic carbocycles. The van der Waals surface area contributed by atoms with Crippen molar-refractivity contribution in [1.29, 1.82) is 0 Å². The zero-order valence-corrected chi connectivity index (χ0v) is 15.5. The zero-order chi connectivity index (χ0) is 15.3. The number of rotatable bonds is 14. The number of halogens is 1. The molecule has 0 saturated carbocycles. The SMILES string of the molecule is CCCCCCCCCC(Br)CCCCC(C)(C)C=O. The molecule has 0 rings (SSSR count). The van der Waals surface area contributed by atoms with Gasteiger partial charge in [-0.1, -0.05) is 94.5 Å². The van der Waals surface area contributed by atoms with E-state index in [1.165, 1.54) is 70.6 Å². The third-order valence-corrected chi connectivity index (χ3v) is 4.94. The minimum atomic E-state index is -0.125. The first-order chi connectivity index (χ1) is 9.52. The highest BCUT2D eigenvalue weighted by atomic mass is 79.9. The number of alkyl halides is 1. The Bertz CT molecular complexity index is 225. The van der Waals surface area contributed by atoms with Gasteiger partial charge in [0.15, 0.2) is 0 Å². The molecule has 0 aliphatic rings. The van der Waals surface area contributed by atoms with Crippen molar-refractivity contribution in [3.8, 4) is 0 Å². The van der Waals surface area contributed by atoms with E-state index in [-0.39, 0.29) is 5.41 Å². The molecule has 0 amide bonds. The molecule has 0 aromatic carbocycles. The molecule has 0 heterocycles. The molecule has 120 valence electrons. The second-order valence-corrected chi connectivity index (χ2v) is 8.15. The van der Waals surface area contributed by atoms with Gasteiger partial charge in [0, 0.05) is 10.2 Å². The summed E-state index contributed by atoms with van der Waals surface area (Å²) in [5.74, 6) is 0. The third kappa shape index (κ3) is 13.1. The van der Waals surface area contributed by atoms with Crippen LogP contribution in [-0.2, 0) is 4.79 Å². The fraction of sp³-hybridized carbons (Fsp3) is 0.944. The molecule has 1 unspecified atom stereocenters. The highest BCUT2D eigenvalue weighted by Crippen LogP contribution is 2.23. The lowest BCUT2D eigenvalue weighted by molar-refractivity contribution is -0.115. The summed E-state index contributed by atoms with van der Waals surface area (Å²) in [6.07, 6.45) is 16.8. The van der Waals surface area contributed by atoms with Crippen LogP contribution in [-0.4, -0.2) is 11.1 Å². The third-order valence-electron chi connectivity index (χ3n) is 4.03. The van der Waals surface area contributed by atoms with Crippen molar-refractivity contribution in [3.05, 3.63) is 0 Å². The molecule has 0 aromatic rings. The lowest BCUT2D eigenvalue weighted by Crippen LogP contribution is -2.12. The fourth-order valence-electron chi connectivity index (χ4n) is 2.47. The quantitative estimate of drug-likeness (QED) is 0.195. The van der Waals surface area contributed by atoms with Crippen molar-refractivity contribution >= 4 is 22.2 Å². The van der Waals surface area contributed by atoms with E-state index in [9.17, 15) is 4.79 Å². The highest BCUT2D eigenvalue weighted by molar-refractivity contribution is 9.09. The number of carbonyl (C=O) groups is 1. The van der Waals surface area contributed by atoms with E-state index in [2.05, 4.69) is 22.9 Å². The molecule has 20 heavy (non-hydrogen) atoms. The highest BCUT2D eigenvalue weighted by Gasteiger charge is 2.15. The summed E-state index contributed by atoms with van der Waals surface area (Å²) in [6.45, 7) is 6.33. The van der Waals surface area contributed by atoms with E-state index in [4.69, 9.17) is 0 Å². The number of hydrogen-bond donors (Lipinski definition) is 0. The zero-order valence-electron chi connectivity index (χ0n) is 13.9. The van der Waals surface area contributed by atoms with Crippen molar-refractivity contribution in [2.24, 2.45) is 5.41 Å². The molecule has 0 fully saturated rings. The predicted octanol–water partition coefficient (Wildman–Crippen LogP) is 6.68. The summed E-state index contributed by atoms with van der Waals surface area (Å²) < 4.78 is 0. The average molecular weight is 347 g/mol. The van der Waals surface area contributed by atoms with Crippen LogP contribution in [0.2, 0.25) is 0 Å². The van der Waals surface area contributed by atoms with E-state index in [1.54, 1.807) is 0 Å². The minimum Gasteiger partial charge on any atom is -0.303 e. The van der Waals surface area contributed by atoms with Gasteiger partial charge in [0.1, 0.15) is 6.29 Å². The summed E-state index contributed by atoms with van der Waals surface area (Å²) in [5.41, 5.74) is -0.125. The Kier molecular flexibility index (Phi) is 13.0. The summed E-state index contributed by atoms with van der Waals surface area (Å²) >= 11 is 3.80. The normalized spacial score (nSPS) is 13.4. The lowest BCUT2D eigenvalue weighted by atomic mass is 9.88. The van der Waals surface area contributed by atoms with Gasteiger partial charge in [-0.25, -0.2) is 0 Å². The van der Waals surface area contributed by atoms with Gasteiger partial charge in [-0.15, -0.1) is 0 Å². The van der Waals surface area contributed by atoms with Gasteiger partial charge >= 0.3 is 0 Å². The van der Waals surface area contributed by atoms with Gasteiger partial charge in [-0.2, -0.15) is 0 Å². The second-order valence-electron chi connectivity index (χ2n) is 6.86. The van der Waals surface area contributed by atoms with Crippen molar-refractivity contribution in [1.82, 2.24) is 0 Å². The monoisotopic (exact) mass is 346 g/mol. The fourth-order valence-corrected chi connectivity index (χ4v) is 3.12. The molecule has 0 aromatic heterocycles. The second kappa shape index (κ2) is 12.9. The predicted molar refractivity (Wildman–Crippen MR) is 93.6 cm³/mol. The smallest absolute Gasteiger partial charge is 0.125 e. The Morgan fingerprint density at radius 3 is 1.95 bits per heavy atom. The summed E-state index contributed by atoms with van der Waals surface area (Å²) in [7, 11) is 0. The maximum atomic E-state index is 10.8. The molecule has 0 bridgehead atoms. The van der Waals surface area contributed by atoms with Crippen molar-refractivity contribution in [2.45, 2.75) is 103 Å². The van der Waals surface area contributed by atoms with Crippen LogP contribution >= 0.6 is 15.9 Å². The first kappa shape index (κ1) is 20.1. The van der Waals surface area contributed by atoms with Crippen LogP contribution in [0.4, 0.5) is 0 Å². The Morgan fingerprint density at radius 1 is 0.900 bits per heavy atom. The molecule has 2 heteroatoms. The van der Waals surface area contributed by atoms with E-state index >= 15 is 0 Å². The van der Waals surface area contributed by atoms with E-state index in [1.807, 2.05) is 13.8 Å². The number of hydrogen-bond acceptors (Lipinski definition) is 1. The maximum Gasteiger partial charge on any atom is 0.125 e. The Hall–Kier alpha value is 0.150. The van der Waals surface area contributed by atoms with Crippen molar-refractivity contribution in [2.75, 3.05) is 0 Å². The van der Waals surface area contributed by atoms with E-state index in [0.717, 1.165) is 12.7 Å². The molecule has 0 aliphatic heterocycles. The standard InChI is InChI=1S/C18H35BrO/c1-4-5-6-7-8-9-10-13-17(19)14-11-12-15-18(2,3)16-20/h16-17H,4-15H2,1-3H3. The average Bonchev–Trinajstić information content (AvgIpc) is 2.43. The van der Waals surface area contributed by atoms with Crippen molar-refractivity contribution in [3.63, 3.8) is 0 Å². The molecule has 1 nitrogen and oxygen atoms in total. The molecule has 1 atom stereocenters. The van der Waals surface area contributed by atoms with Crippen LogP contribution in [0.5, 0.6) is 0 Å². The topological polar surface area (TPSA) is 17.1 Å². The Morgan fingerprint density at radius 2 is 1.40 bits per heavy atom. The van der Waals surface area contributed by atoms with Crippen molar-refractivity contribution < 1.29 is 4.79 Å². The molecule has 0 N–H and O–H groups in total. The van der Waals surface area contributed by atoms with Gasteiger partial charge in [-0.3, -0.25) is 0 Å². The molecular weight excluding hydrogens is 312 g/mol. The molecule has 0 saturated heterocycles. The van der Waals surface area contributed by atoms with E-state index < -0.39 is 0 Å². The molecule has 0 spiro atoms. The van der Waals surface area contributed by atoms with Crippen LogP contribution in [0.15, 0.2) is 0 Å². The van der Waals surface area contributed by atoms with Crippen LogP contribution in [0.1, 0.15) is 97.8 Å². The van der Waals surface area contributed by atoms with Crippen LogP contribution in [0.25, 0.3) is 0 Å². The van der Waals surface area contributed by atoms with Gasteiger partial charge in [-0.05, 0) is 19.3 Å². The Labute approximate surface area is 135 Å². The minimum absolute atomic E-state index is 0.125. The van der Waals surface area contributed by atoms with Gasteiger partial charge in [0.05, 0.1) is 0 Å². The van der Waals surface area contributed by atoms with Gasteiger partial charge in [0.25, 0.3) is 0 Å². The lowest BCUT2D eigenvalue weighted by Gasteiger charge is -2.16. The van der Waals surface area contributed by atoms with E-state index in [0.29, 0.717) is 4.83 Å². The van der Waals surface area contributed by atoms with Crippen LogP contribution < -0.4 is 0 Å². The largest absolute Gasteiger partial charge is 0.303 e. The number of carbonyl (C=O) groups excluding carboxylic acids is 1. The summed E-state index contributed by atoms with van der Waals surface area (Å²) in [4.78, 5) is 11.5. The summed E-state index contributed by atoms with van der Waals surface area (Å²) in [5, 5.41) is 0. The maximum absolute atomic E-state index is 10.8. The van der Waals surface area contributed by atoms with Gasteiger partial charge < -0.3 is 4.79 Å². The molecule has 0 radical (unpaired) electrons. The van der Waals surface area contributed by atoms with Gasteiger partial charge in [0.2, 0.25) is 0 Å². The number of unbranched alkanes of at least 4 members (excludes halogenated alkanes) is 7. The van der Waals surface area contributed by atoms with Crippen LogP contribution in [0.3, 0.4) is 0 Å². The number of aldehydes is 1. The summed E-state index contributed by atoms with van der Waals surface area (Å²) in [6, 6.07) is 0. The Balaban J connectivity index is 3.33. The van der Waals surface area contributed by atoms with Crippen LogP contribution in [0, 0.1) is 5.41 Å². The first-order valence-corrected chi connectivity index (χ1v) is 9.54. The molecular formula is C18H35BrO.